The Hall–Kier alpha value is -3.47. The van der Waals surface area contributed by atoms with Gasteiger partial charge in [-0.1, -0.05) is 44.5 Å². The number of anilines is 1. The molecule has 0 fully saturated rings. The molecule has 0 atom stereocenters. The Morgan fingerprint density at radius 1 is 1.09 bits per heavy atom. The Bertz CT molecular complexity index is 1440. The predicted octanol–water partition coefficient (Wildman–Crippen LogP) is 3.63. The van der Waals surface area contributed by atoms with Gasteiger partial charge in [-0.3, -0.25) is 19.0 Å². The predicted molar refractivity (Wildman–Crippen MR) is 132 cm³/mol. The number of hydrogen-bond acceptors (Lipinski definition) is 5. The molecule has 0 saturated heterocycles. The summed E-state index contributed by atoms with van der Waals surface area (Å²) in [5, 5.41) is 13.0. The lowest BCUT2D eigenvalue weighted by Gasteiger charge is -2.15. The van der Waals surface area contributed by atoms with Crippen molar-refractivity contribution < 1.29 is 9.59 Å². The van der Waals surface area contributed by atoms with Crippen LogP contribution in [0.2, 0.25) is 5.02 Å². The third-order valence-corrected chi connectivity index (χ3v) is 6.02. The number of nitriles is 1. The van der Waals surface area contributed by atoms with Gasteiger partial charge < -0.3 is 5.32 Å². The largest absolute Gasteiger partial charge is 0.326 e. The molecule has 0 saturated carbocycles. The highest BCUT2D eigenvalue weighted by molar-refractivity contribution is 7.07. The zero-order chi connectivity index (χ0) is 24.3. The molecule has 3 aromatic rings. The maximum Gasteiger partial charge on any atom is 0.273 e. The van der Waals surface area contributed by atoms with Crippen LogP contribution in [0.4, 0.5) is 5.69 Å². The summed E-state index contributed by atoms with van der Waals surface area (Å²) in [6.07, 6.45) is 1.69. The minimum Gasteiger partial charge on any atom is -0.326 e. The first kappa shape index (κ1) is 24.2. The van der Waals surface area contributed by atoms with Crippen LogP contribution in [0, 0.1) is 16.7 Å². The van der Waals surface area contributed by atoms with E-state index >= 15 is 0 Å². The van der Waals surface area contributed by atoms with Gasteiger partial charge in [0.05, 0.1) is 10.2 Å². The zero-order valence-corrected chi connectivity index (χ0v) is 20.2. The van der Waals surface area contributed by atoms with Crippen molar-refractivity contribution in [1.82, 2.24) is 4.57 Å². The fourth-order valence-electron chi connectivity index (χ4n) is 3.06. The average molecular weight is 480 g/mol. The maximum atomic E-state index is 13.4. The van der Waals surface area contributed by atoms with E-state index in [0.29, 0.717) is 20.9 Å². The van der Waals surface area contributed by atoms with Crippen LogP contribution < -0.4 is 20.1 Å². The van der Waals surface area contributed by atoms with Crippen LogP contribution in [0.3, 0.4) is 0 Å². The third-order valence-electron chi connectivity index (χ3n) is 4.67. The SMILES string of the molecule is CC(=O)Nc1ccc(/C=c2/s/c(=C(\C#N)C(=O)C(C)(C)C)n(-c3ccc(Cl)cc3)c2=O)cc1. The number of nitrogens with one attached hydrogen (secondary N) is 1. The van der Waals surface area contributed by atoms with Crippen molar-refractivity contribution in [3.05, 3.63) is 78.7 Å². The molecule has 0 aliphatic carbocycles. The van der Waals surface area contributed by atoms with Crippen LogP contribution in [-0.2, 0) is 9.59 Å². The number of aromatic nitrogens is 1. The van der Waals surface area contributed by atoms with E-state index in [4.69, 9.17) is 11.6 Å². The highest BCUT2D eigenvalue weighted by atomic mass is 35.5. The second-order valence-electron chi connectivity index (χ2n) is 8.40. The van der Waals surface area contributed by atoms with Gasteiger partial charge in [-0.05, 0) is 48.0 Å². The van der Waals surface area contributed by atoms with Crippen LogP contribution in [0.15, 0.2) is 53.3 Å². The minimum absolute atomic E-state index is 0.0693. The Morgan fingerprint density at radius 3 is 2.21 bits per heavy atom. The normalized spacial score (nSPS) is 12.8. The number of carbonyl (C=O) groups excluding carboxylic acids is 2. The molecule has 0 radical (unpaired) electrons. The number of Topliss-reactive ketones (excluding diaryl/α,β-unsaturated/α-hetero) is 1. The van der Waals surface area contributed by atoms with Crippen molar-refractivity contribution in [3.8, 4) is 11.8 Å². The first-order valence-corrected chi connectivity index (χ1v) is 11.3. The minimum atomic E-state index is -0.792. The van der Waals surface area contributed by atoms with Crippen molar-refractivity contribution in [3.63, 3.8) is 0 Å². The van der Waals surface area contributed by atoms with Crippen molar-refractivity contribution >= 4 is 52.0 Å². The van der Waals surface area contributed by atoms with E-state index in [1.165, 1.54) is 11.5 Å². The van der Waals surface area contributed by atoms with Gasteiger partial charge in [-0.15, -0.1) is 11.3 Å². The highest BCUT2D eigenvalue weighted by Crippen LogP contribution is 2.20. The first-order chi connectivity index (χ1) is 15.5. The van der Waals surface area contributed by atoms with Crippen molar-refractivity contribution in [2.24, 2.45) is 5.41 Å². The molecule has 0 unspecified atom stereocenters. The number of thiazole rings is 1. The first-order valence-electron chi connectivity index (χ1n) is 10.1. The van der Waals surface area contributed by atoms with Gasteiger partial charge in [0.15, 0.2) is 5.78 Å². The quantitative estimate of drug-likeness (QED) is 0.618. The molecular weight excluding hydrogens is 458 g/mol. The van der Waals surface area contributed by atoms with E-state index in [0.717, 1.165) is 16.9 Å². The monoisotopic (exact) mass is 479 g/mol. The smallest absolute Gasteiger partial charge is 0.273 e. The number of carbonyl (C=O) groups is 2. The Morgan fingerprint density at radius 2 is 1.70 bits per heavy atom. The lowest BCUT2D eigenvalue weighted by atomic mass is 9.87. The number of nitrogens with zero attached hydrogens (tertiary/aromatic N) is 2. The van der Waals surface area contributed by atoms with E-state index in [2.05, 4.69) is 5.32 Å². The topological polar surface area (TPSA) is 92.0 Å². The van der Waals surface area contributed by atoms with E-state index in [9.17, 15) is 19.6 Å². The van der Waals surface area contributed by atoms with E-state index in [-0.39, 0.29) is 27.5 Å². The number of benzene rings is 2. The standard InChI is InChI=1S/C25H22ClN3O3S/c1-15(30)28-18-9-5-16(6-10-18)13-21-23(32)29(19-11-7-17(26)8-12-19)24(33-21)20(14-27)22(31)25(2,3)4/h5-13H,1-4H3,(H,28,30)/b21-13+,24-20+. The summed E-state index contributed by atoms with van der Waals surface area (Å²) in [6.45, 7) is 6.62. The molecule has 1 heterocycles. The van der Waals surface area contributed by atoms with Gasteiger partial charge in [-0.2, -0.15) is 5.26 Å². The molecule has 1 aromatic heterocycles. The lowest BCUT2D eigenvalue weighted by Crippen LogP contribution is -2.33. The molecule has 3 rings (SSSR count). The summed E-state index contributed by atoms with van der Waals surface area (Å²) < 4.78 is 2.01. The Balaban J connectivity index is 2.30. The Kier molecular flexibility index (Phi) is 7.01. The van der Waals surface area contributed by atoms with E-state index < -0.39 is 5.41 Å². The summed E-state index contributed by atoms with van der Waals surface area (Å²) >= 11 is 7.09. The van der Waals surface area contributed by atoms with Crippen LogP contribution >= 0.6 is 22.9 Å². The van der Waals surface area contributed by atoms with Gasteiger partial charge in [0, 0.05) is 23.0 Å². The van der Waals surface area contributed by atoms with Gasteiger partial charge in [0.25, 0.3) is 5.56 Å². The van der Waals surface area contributed by atoms with Crippen LogP contribution in [0.25, 0.3) is 17.3 Å². The zero-order valence-electron chi connectivity index (χ0n) is 18.6. The van der Waals surface area contributed by atoms with Gasteiger partial charge in [-0.25, -0.2) is 0 Å². The molecule has 33 heavy (non-hydrogen) atoms. The molecule has 6 nitrogen and oxygen atoms in total. The molecule has 2 aromatic carbocycles. The Labute approximate surface area is 200 Å². The van der Waals surface area contributed by atoms with Gasteiger partial charge in [0.2, 0.25) is 5.91 Å². The van der Waals surface area contributed by atoms with Gasteiger partial charge in [0.1, 0.15) is 16.3 Å². The molecule has 0 bridgehead atoms. The average Bonchev–Trinajstić information content (AvgIpc) is 3.05. The van der Waals surface area contributed by atoms with E-state index in [1.54, 1.807) is 75.4 Å². The fraction of sp³-hybridized carbons (Fsp3) is 0.200. The van der Waals surface area contributed by atoms with Crippen molar-refractivity contribution in [2.75, 3.05) is 5.32 Å². The summed E-state index contributed by atoms with van der Waals surface area (Å²) in [6, 6.07) is 15.6. The maximum absolute atomic E-state index is 13.4. The molecule has 0 aliphatic rings. The number of rotatable bonds is 4. The molecule has 8 heteroatoms. The van der Waals surface area contributed by atoms with E-state index in [1.807, 2.05) is 6.07 Å². The highest BCUT2D eigenvalue weighted by Gasteiger charge is 2.27. The van der Waals surface area contributed by atoms with Gasteiger partial charge >= 0.3 is 0 Å². The second kappa shape index (κ2) is 9.57. The molecule has 1 N–H and O–H groups in total. The molecule has 0 spiro atoms. The summed E-state index contributed by atoms with van der Waals surface area (Å²) in [4.78, 5) is 37.6. The van der Waals surface area contributed by atoms with Crippen LogP contribution in [0.5, 0.6) is 0 Å². The molecule has 0 aliphatic heterocycles. The fourth-order valence-corrected chi connectivity index (χ4v) is 4.29. The summed E-state index contributed by atoms with van der Waals surface area (Å²) in [5.41, 5.74) is 0.668. The van der Waals surface area contributed by atoms with Crippen molar-refractivity contribution in [1.29, 1.82) is 5.26 Å². The molecular formula is C25H22ClN3O3S. The number of hydrogen-bond donors (Lipinski definition) is 1. The number of ketones is 1. The molecule has 168 valence electrons. The summed E-state index contributed by atoms with van der Waals surface area (Å²) in [5.74, 6) is -0.524. The van der Waals surface area contributed by atoms with Crippen LogP contribution in [0.1, 0.15) is 33.3 Å². The number of amides is 1. The molecule has 1 amide bonds. The van der Waals surface area contributed by atoms with Crippen molar-refractivity contribution in [2.45, 2.75) is 27.7 Å². The van der Waals surface area contributed by atoms with Crippen LogP contribution in [-0.4, -0.2) is 16.3 Å². The number of halogens is 1. The summed E-state index contributed by atoms with van der Waals surface area (Å²) in [7, 11) is 0. The third kappa shape index (κ3) is 5.48. The second-order valence-corrected chi connectivity index (χ2v) is 9.87. The lowest BCUT2D eigenvalue weighted by molar-refractivity contribution is -0.120.